The molecule has 3 rings (SSSR count). The monoisotopic (exact) mass is 508 g/mol. The minimum atomic E-state index is -1.11. The van der Waals surface area contributed by atoms with Gasteiger partial charge in [-0.15, -0.1) is 12.4 Å². The number of hydrogen-bond donors (Lipinski definition) is 4. The van der Waals surface area contributed by atoms with Crippen LogP contribution in [0.2, 0.25) is 0 Å². The number of nitrogens with two attached hydrogens (primary N) is 1. The Balaban J connectivity index is 0.00000432. The van der Waals surface area contributed by atoms with Crippen molar-refractivity contribution in [3.63, 3.8) is 0 Å². The number of ketones is 1. The Hall–Kier alpha value is -2.00. The van der Waals surface area contributed by atoms with E-state index in [0.29, 0.717) is 19.6 Å². The van der Waals surface area contributed by atoms with Gasteiger partial charge in [-0.3, -0.25) is 19.7 Å². The molecule has 5 N–H and O–H groups in total. The molecule has 0 bridgehead atoms. The van der Waals surface area contributed by atoms with Crippen molar-refractivity contribution in [2.24, 2.45) is 17.6 Å². The summed E-state index contributed by atoms with van der Waals surface area (Å²) in [6, 6.07) is 9.78. The molecule has 8 nitrogen and oxygen atoms in total. The average Bonchev–Trinajstić information content (AvgIpc) is 2.82. The predicted molar refractivity (Wildman–Crippen MR) is 138 cm³/mol. The number of Topliss-reactive ketones (excluding diaryl/α,β-unsaturated/α-hetero) is 1. The van der Waals surface area contributed by atoms with Crippen LogP contribution in [0.1, 0.15) is 64.9 Å². The molecule has 1 aliphatic heterocycles. The minimum absolute atomic E-state index is 0. The summed E-state index contributed by atoms with van der Waals surface area (Å²) in [6.07, 6.45) is 4.42. The van der Waals surface area contributed by atoms with Gasteiger partial charge in [-0.25, -0.2) is 0 Å². The van der Waals surface area contributed by atoms with Crippen LogP contribution in [0.15, 0.2) is 30.3 Å². The molecule has 0 aromatic heterocycles. The summed E-state index contributed by atoms with van der Waals surface area (Å²) in [5.41, 5.74) is 5.83. The van der Waals surface area contributed by atoms with Gasteiger partial charge in [0.05, 0.1) is 30.1 Å². The molecule has 1 aliphatic carbocycles. The van der Waals surface area contributed by atoms with Gasteiger partial charge < -0.3 is 21.1 Å². The van der Waals surface area contributed by atoms with E-state index in [2.05, 4.69) is 16.0 Å². The molecule has 9 heteroatoms. The molecular weight excluding hydrogens is 468 g/mol. The molecule has 0 spiro atoms. The van der Waals surface area contributed by atoms with E-state index in [4.69, 9.17) is 10.5 Å². The first-order valence-electron chi connectivity index (χ1n) is 12.5. The van der Waals surface area contributed by atoms with E-state index < -0.39 is 29.6 Å². The van der Waals surface area contributed by atoms with E-state index in [1.54, 1.807) is 20.8 Å². The molecule has 1 aromatic carbocycles. The lowest BCUT2D eigenvalue weighted by molar-refractivity contribution is -0.145. The van der Waals surface area contributed by atoms with E-state index in [1.807, 2.05) is 30.3 Å². The maximum Gasteiger partial charge on any atom is 0.240 e. The summed E-state index contributed by atoms with van der Waals surface area (Å²) in [4.78, 5) is 39.6. The van der Waals surface area contributed by atoms with Gasteiger partial charge in [0.2, 0.25) is 11.8 Å². The third-order valence-electron chi connectivity index (χ3n) is 6.84. The van der Waals surface area contributed by atoms with Gasteiger partial charge in [0.25, 0.3) is 0 Å². The molecule has 1 saturated carbocycles. The average molecular weight is 509 g/mol. The van der Waals surface area contributed by atoms with Gasteiger partial charge in [0.1, 0.15) is 6.10 Å². The third kappa shape index (κ3) is 8.27. The quantitative estimate of drug-likeness (QED) is 0.406. The molecule has 0 radical (unpaired) electrons. The summed E-state index contributed by atoms with van der Waals surface area (Å²) in [7, 11) is 0. The Labute approximate surface area is 214 Å². The van der Waals surface area contributed by atoms with Crippen molar-refractivity contribution in [3.05, 3.63) is 35.9 Å². The topological polar surface area (TPSA) is 123 Å². The number of amides is 2. The number of halogens is 1. The third-order valence-corrected chi connectivity index (χ3v) is 6.84. The summed E-state index contributed by atoms with van der Waals surface area (Å²) < 4.78 is 5.90. The molecule has 1 aromatic rings. The fourth-order valence-corrected chi connectivity index (χ4v) is 4.76. The van der Waals surface area contributed by atoms with Crippen molar-refractivity contribution in [1.29, 1.82) is 0 Å². The minimum Gasteiger partial charge on any atom is -0.366 e. The van der Waals surface area contributed by atoms with E-state index in [9.17, 15) is 14.4 Å². The maximum atomic E-state index is 13.6. The van der Waals surface area contributed by atoms with Crippen molar-refractivity contribution in [2.45, 2.75) is 89.8 Å². The first-order valence-corrected chi connectivity index (χ1v) is 12.5. The number of carbonyl (C=O) groups is 3. The largest absolute Gasteiger partial charge is 0.366 e. The van der Waals surface area contributed by atoms with Crippen molar-refractivity contribution >= 4 is 30.0 Å². The zero-order valence-corrected chi connectivity index (χ0v) is 21.9. The lowest BCUT2D eigenvalue weighted by atomic mass is 9.78. The van der Waals surface area contributed by atoms with Gasteiger partial charge in [-0.05, 0) is 52.1 Å². The molecule has 2 aliphatic rings. The SMILES string of the molecule is CC(OCc1ccccc1)C(=O)C1C(NC(=O)C(C)(C)N)NCCC1C(=O)NC1CCCCC1.Cl. The Morgan fingerprint density at radius 2 is 1.74 bits per heavy atom. The van der Waals surface area contributed by atoms with Gasteiger partial charge in [0, 0.05) is 6.04 Å². The van der Waals surface area contributed by atoms with Crippen molar-refractivity contribution in [3.8, 4) is 0 Å². The molecule has 2 amide bonds. The lowest BCUT2D eigenvalue weighted by Crippen LogP contribution is -2.65. The fraction of sp³-hybridized carbons (Fsp3) is 0.654. The van der Waals surface area contributed by atoms with Crippen LogP contribution in [0.4, 0.5) is 0 Å². The highest BCUT2D eigenvalue weighted by atomic mass is 35.5. The summed E-state index contributed by atoms with van der Waals surface area (Å²) in [5, 5.41) is 9.28. The molecule has 35 heavy (non-hydrogen) atoms. The Kier molecular flexibility index (Phi) is 11.1. The molecule has 4 atom stereocenters. The second kappa shape index (κ2) is 13.3. The molecule has 1 saturated heterocycles. The van der Waals surface area contributed by atoms with Crippen molar-refractivity contribution in [1.82, 2.24) is 16.0 Å². The number of rotatable bonds is 9. The maximum absolute atomic E-state index is 13.6. The highest BCUT2D eigenvalue weighted by Crippen LogP contribution is 2.28. The van der Waals surface area contributed by atoms with Crippen LogP contribution in [0.25, 0.3) is 0 Å². The summed E-state index contributed by atoms with van der Waals surface area (Å²) >= 11 is 0. The standard InChI is InChI=1S/C26H40N4O4.ClH/c1-17(34-16-18-10-6-4-7-11-18)22(31)21-20(24(32)29-19-12-8-5-9-13-19)14-15-28-23(21)30-25(33)26(2,3)27;/h4,6-7,10-11,17,19-21,23,28H,5,8-9,12-16,27H2,1-3H3,(H,29,32)(H,30,33);1H. The predicted octanol–water partition coefficient (Wildman–Crippen LogP) is 2.44. The van der Waals surface area contributed by atoms with E-state index >= 15 is 0 Å². The van der Waals surface area contributed by atoms with Gasteiger partial charge in [-0.2, -0.15) is 0 Å². The second-order valence-electron chi connectivity index (χ2n) is 10.2. The Morgan fingerprint density at radius 1 is 1.09 bits per heavy atom. The highest BCUT2D eigenvalue weighted by Gasteiger charge is 2.45. The second-order valence-corrected chi connectivity index (χ2v) is 10.2. The number of hydrogen-bond acceptors (Lipinski definition) is 6. The van der Waals surface area contributed by atoms with Gasteiger partial charge in [-0.1, -0.05) is 49.6 Å². The number of piperidine rings is 1. The molecular formula is C26H41ClN4O4. The molecule has 196 valence electrons. The number of benzene rings is 1. The Bertz CT molecular complexity index is 840. The highest BCUT2D eigenvalue weighted by molar-refractivity contribution is 5.93. The summed E-state index contributed by atoms with van der Waals surface area (Å²) in [5.74, 6) is -2.01. The molecule has 1 heterocycles. The number of nitrogens with one attached hydrogen (secondary N) is 3. The van der Waals surface area contributed by atoms with Crippen LogP contribution in [0.3, 0.4) is 0 Å². The summed E-state index contributed by atoms with van der Waals surface area (Å²) in [6.45, 7) is 5.74. The first-order chi connectivity index (χ1) is 16.2. The van der Waals surface area contributed by atoms with Crippen LogP contribution in [0, 0.1) is 11.8 Å². The van der Waals surface area contributed by atoms with Crippen LogP contribution in [0.5, 0.6) is 0 Å². The first kappa shape index (κ1) is 29.2. The zero-order valence-electron chi connectivity index (χ0n) is 21.0. The normalized spacial score (nSPS) is 24.1. The lowest BCUT2D eigenvalue weighted by Gasteiger charge is -2.40. The van der Waals surface area contributed by atoms with Gasteiger partial charge in [0.15, 0.2) is 5.78 Å². The van der Waals surface area contributed by atoms with Crippen molar-refractivity contribution < 1.29 is 19.1 Å². The fourth-order valence-electron chi connectivity index (χ4n) is 4.76. The number of carbonyl (C=O) groups excluding carboxylic acids is 3. The van der Waals surface area contributed by atoms with Crippen LogP contribution in [-0.4, -0.2) is 48.0 Å². The van der Waals surface area contributed by atoms with Crippen LogP contribution < -0.4 is 21.7 Å². The molecule has 2 fully saturated rings. The van der Waals surface area contributed by atoms with E-state index in [-0.39, 0.29) is 36.0 Å². The van der Waals surface area contributed by atoms with Crippen molar-refractivity contribution in [2.75, 3.05) is 6.54 Å². The smallest absolute Gasteiger partial charge is 0.240 e. The number of ether oxygens (including phenoxy) is 1. The molecule has 4 unspecified atom stereocenters. The Morgan fingerprint density at radius 3 is 2.37 bits per heavy atom. The van der Waals surface area contributed by atoms with Crippen LogP contribution in [-0.2, 0) is 25.7 Å². The van der Waals surface area contributed by atoms with E-state index in [0.717, 1.165) is 31.2 Å². The van der Waals surface area contributed by atoms with Gasteiger partial charge >= 0.3 is 0 Å². The van der Waals surface area contributed by atoms with Crippen LogP contribution >= 0.6 is 12.4 Å². The van der Waals surface area contributed by atoms with E-state index in [1.165, 1.54) is 6.42 Å². The zero-order chi connectivity index (χ0) is 24.7.